The Hall–Kier alpha value is -1.29. The van der Waals surface area contributed by atoms with Crippen LogP contribution in [0, 0.1) is 11.3 Å². The summed E-state index contributed by atoms with van der Waals surface area (Å²) in [7, 11) is 0. The molecular weight excluding hydrogens is 218 g/mol. The van der Waals surface area contributed by atoms with Crippen LogP contribution in [-0.4, -0.2) is 29.0 Å². The molecule has 1 aromatic carbocycles. The van der Waals surface area contributed by atoms with Gasteiger partial charge in [0.25, 0.3) is 0 Å². The second-order valence-electron chi connectivity index (χ2n) is 4.28. The molecule has 0 aromatic heterocycles. The summed E-state index contributed by atoms with van der Waals surface area (Å²) in [6, 6.07) is 8.21. The highest BCUT2D eigenvalue weighted by molar-refractivity contribution is 8.14. The monoisotopic (exact) mass is 231 g/mol. The Kier molecular flexibility index (Phi) is 2.24. The average molecular weight is 231 g/mol. The minimum Gasteiger partial charge on any atom is -0.305 e. The van der Waals surface area contributed by atoms with Gasteiger partial charge in [-0.3, -0.25) is 10.4 Å². The number of benzene rings is 1. The Balaban J connectivity index is 2.13. The van der Waals surface area contributed by atoms with Crippen molar-refractivity contribution >= 4 is 22.8 Å². The van der Waals surface area contributed by atoms with Gasteiger partial charge in [0.1, 0.15) is 5.84 Å². The van der Waals surface area contributed by atoms with E-state index >= 15 is 0 Å². The average Bonchev–Trinajstić information content (AvgIpc) is 2.29. The molecule has 2 heterocycles. The zero-order valence-electron chi connectivity index (χ0n) is 9.10. The number of fused-ring (bicyclic) bond motifs is 3. The number of nitrogens with one attached hydrogen (secondary N) is 1. The molecule has 0 radical (unpaired) electrons. The van der Waals surface area contributed by atoms with Crippen LogP contribution in [0.3, 0.4) is 0 Å². The third-order valence-corrected chi connectivity index (χ3v) is 3.87. The number of thioether (sulfide) groups is 1. The van der Waals surface area contributed by atoms with Crippen molar-refractivity contribution < 1.29 is 0 Å². The van der Waals surface area contributed by atoms with Crippen molar-refractivity contribution in [2.75, 3.05) is 13.1 Å². The van der Waals surface area contributed by atoms with Gasteiger partial charge in [0, 0.05) is 23.5 Å². The molecule has 3 nitrogen and oxygen atoms in total. The molecule has 0 saturated carbocycles. The van der Waals surface area contributed by atoms with E-state index in [1.807, 2.05) is 17.0 Å². The van der Waals surface area contributed by atoms with Crippen molar-refractivity contribution in [1.82, 2.24) is 4.90 Å². The predicted octanol–water partition coefficient (Wildman–Crippen LogP) is 2.43. The summed E-state index contributed by atoms with van der Waals surface area (Å²) in [5, 5.41) is 8.64. The van der Waals surface area contributed by atoms with Gasteiger partial charge in [-0.25, -0.2) is 0 Å². The largest absolute Gasteiger partial charge is 0.305 e. The molecule has 0 unspecified atom stereocenters. The van der Waals surface area contributed by atoms with E-state index in [9.17, 15) is 0 Å². The molecule has 2 aliphatic heterocycles. The van der Waals surface area contributed by atoms with E-state index in [2.05, 4.69) is 24.0 Å². The molecule has 1 aromatic rings. The molecule has 0 aliphatic carbocycles. The topological polar surface area (TPSA) is 39.5 Å². The van der Waals surface area contributed by atoms with Crippen molar-refractivity contribution in [3.05, 3.63) is 29.8 Å². The second-order valence-corrected chi connectivity index (χ2v) is 5.31. The molecule has 3 rings (SSSR count). The van der Waals surface area contributed by atoms with Gasteiger partial charge in [0.15, 0.2) is 5.17 Å². The zero-order chi connectivity index (χ0) is 11.1. The Morgan fingerprint density at radius 1 is 1.44 bits per heavy atom. The van der Waals surface area contributed by atoms with E-state index in [1.165, 1.54) is 17.3 Å². The van der Waals surface area contributed by atoms with Crippen LogP contribution in [0.5, 0.6) is 0 Å². The van der Waals surface area contributed by atoms with Crippen LogP contribution in [0.25, 0.3) is 0 Å². The quantitative estimate of drug-likeness (QED) is 0.745. The third kappa shape index (κ3) is 1.45. The van der Waals surface area contributed by atoms with Crippen LogP contribution in [0.2, 0.25) is 0 Å². The second kappa shape index (κ2) is 3.63. The first-order valence-corrected chi connectivity index (χ1v) is 6.25. The molecule has 0 bridgehead atoms. The van der Waals surface area contributed by atoms with Crippen LogP contribution >= 0.6 is 11.8 Å². The van der Waals surface area contributed by atoms with Crippen LogP contribution < -0.4 is 0 Å². The summed E-state index contributed by atoms with van der Waals surface area (Å²) < 4.78 is 0. The maximum absolute atomic E-state index is 8.04. The molecule has 16 heavy (non-hydrogen) atoms. The molecular formula is C12H13N3S. The number of hydrogen-bond acceptors (Lipinski definition) is 3. The van der Waals surface area contributed by atoms with Crippen molar-refractivity contribution in [3.8, 4) is 0 Å². The van der Waals surface area contributed by atoms with E-state index in [0.717, 1.165) is 23.8 Å². The van der Waals surface area contributed by atoms with E-state index in [1.54, 1.807) is 0 Å². The Bertz CT molecular complexity index is 481. The molecule has 2 aliphatic rings. The Labute approximate surface area is 99.1 Å². The minimum absolute atomic E-state index is 0.537. The van der Waals surface area contributed by atoms with Gasteiger partial charge in [0.05, 0.1) is 0 Å². The van der Waals surface area contributed by atoms with Crippen molar-refractivity contribution in [2.24, 2.45) is 10.9 Å². The highest BCUT2D eigenvalue weighted by Crippen LogP contribution is 2.33. The fourth-order valence-electron chi connectivity index (χ4n) is 2.09. The summed E-state index contributed by atoms with van der Waals surface area (Å²) in [4.78, 5) is 7.79. The van der Waals surface area contributed by atoms with Gasteiger partial charge in [-0.15, -0.1) is 0 Å². The normalized spacial score (nSPS) is 23.6. The lowest BCUT2D eigenvalue weighted by Crippen LogP contribution is -2.44. The fraction of sp³-hybridized carbons (Fsp3) is 0.333. The number of amidine groups is 2. The van der Waals surface area contributed by atoms with E-state index < -0.39 is 0 Å². The van der Waals surface area contributed by atoms with Crippen molar-refractivity contribution in [1.29, 1.82) is 5.41 Å². The molecule has 1 N–H and O–H groups in total. The number of hydrogen-bond donors (Lipinski definition) is 1. The predicted molar refractivity (Wildman–Crippen MR) is 67.3 cm³/mol. The highest BCUT2D eigenvalue weighted by Gasteiger charge is 2.30. The maximum Gasteiger partial charge on any atom is 0.166 e. The van der Waals surface area contributed by atoms with Crippen molar-refractivity contribution in [2.45, 2.75) is 11.8 Å². The summed E-state index contributed by atoms with van der Waals surface area (Å²) in [5.41, 5.74) is 1.18. The lowest BCUT2D eigenvalue weighted by atomic mass is 10.1. The number of aliphatic imine (C=N–C) groups is 1. The van der Waals surface area contributed by atoms with Crippen LogP contribution in [-0.2, 0) is 0 Å². The van der Waals surface area contributed by atoms with E-state index in [-0.39, 0.29) is 0 Å². The molecule has 4 heteroatoms. The van der Waals surface area contributed by atoms with Gasteiger partial charge in [-0.2, -0.15) is 0 Å². The fourth-order valence-corrected chi connectivity index (χ4v) is 2.99. The molecule has 0 fully saturated rings. The summed E-state index contributed by atoms with van der Waals surface area (Å²) >= 11 is 1.53. The van der Waals surface area contributed by atoms with Gasteiger partial charge < -0.3 is 4.90 Å². The van der Waals surface area contributed by atoms with Gasteiger partial charge in [-0.1, -0.05) is 36.9 Å². The van der Waals surface area contributed by atoms with E-state index in [0.29, 0.717) is 11.1 Å². The summed E-state index contributed by atoms with van der Waals surface area (Å²) in [6.45, 7) is 3.97. The lowest BCUT2D eigenvalue weighted by Gasteiger charge is -2.36. The molecule has 1 atom stereocenters. The van der Waals surface area contributed by atoms with E-state index in [4.69, 9.17) is 5.41 Å². The van der Waals surface area contributed by atoms with Crippen molar-refractivity contribution in [3.63, 3.8) is 0 Å². The summed E-state index contributed by atoms with van der Waals surface area (Å²) in [5.74, 6) is 1.52. The molecule has 0 amide bonds. The maximum atomic E-state index is 8.04. The summed E-state index contributed by atoms with van der Waals surface area (Å²) in [6.07, 6.45) is 0. The SMILES string of the molecule is C[C@H]1CN=C2c3ccccc3SC(=N)N2C1. The number of nitrogens with zero attached hydrogens (tertiary/aromatic N) is 2. The molecule has 82 valence electrons. The third-order valence-electron chi connectivity index (χ3n) is 2.88. The van der Waals surface area contributed by atoms with Gasteiger partial charge in [-0.05, 0) is 12.0 Å². The van der Waals surface area contributed by atoms with Gasteiger partial charge >= 0.3 is 0 Å². The zero-order valence-corrected chi connectivity index (χ0v) is 9.92. The smallest absolute Gasteiger partial charge is 0.166 e. The number of rotatable bonds is 0. The minimum atomic E-state index is 0.537. The Morgan fingerprint density at radius 3 is 3.12 bits per heavy atom. The Morgan fingerprint density at radius 2 is 2.25 bits per heavy atom. The van der Waals surface area contributed by atoms with Crippen LogP contribution in [0.4, 0.5) is 0 Å². The molecule has 0 saturated heterocycles. The lowest BCUT2D eigenvalue weighted by molar-refractivity contribution is 0.441. The van der Waals surface area contributed by atoms with Gasteiger partial charge in [0.2, 0.25) is 0 Å². The first-order valence-electron chi connectivity index (χ1n) is 5.43. The van der Waals surface area contributed by atoms with Crippen LogP contribution in [0.15, 0.2) is 34.2 Å². The molecule has 0 spiro atoms. The highest BCUT2D eigenvalue weighted by atomic mass is 32.2. The first kappa shape index (κ1) is 9.90. The first-order chi connectivity index (χ1) is 7.75. The standard InChI is InChI=1S/C12H13N3S/c1-8-6-14-11-9-4-2-3-5-10(9)16-12(13)15(11)7-8/h2-5,8,13H,6-7H2,1H3/t8-/m0/s1. The van der Waals surface area contributed by atoms with Crippen LogP contribution in [0.1, 0.15) is 12.5 Å².